The molecule has 0 radical (unpaired) electrons. The van der Waals surface area contributed by atoms with Crippen LogP contribution in [-0.2, 0) is 6.42 Å². The number of anilines is 2. The van der Waals surface area contributed by atoms with E-state index in [1.807, 2.05) is 6.92 Å². The molecule has 0 unspecified atom stereocenters. The molecule has 24 heavy (non-hydrogen) atoms. The summed E-state index contributed by atoms with van der Waals surface area (Å²) in [6.45, 7) is 6.14. The zero-order chi connectivity index (χ0) is 16.3. The molecule has 2 rings (SSSR count). The highest BCUT2D eigenvalue weighted by Crippen LogP contribution is 2.26. The van der Waals surface area contributed by atoms with E-state index in [1.54, 1.807) is 25.3 Å². The Kier molecular flexibility index (Phi) is 9.11. The Labute approximate surface area is 158 Å². The second-order valence-electron chi connectivity index (χ2n) is 5.52. The Morgan fingerprint density at radius 1 is 1.38 bits per heavy atom. The maximum Gasteiger partial charge on any atom is 0.267 e. The third-order valence-electron chi connectivity index (χ3n) is 3.10. The Morgan fingerprint density at radius 2 is 2.04 bits per heavy atom. The average Bonchev–Trinajstić information content (AvgIpc) is 2.79. The van der Waals surface area contributed by atoms with E-state index in [0.717, 1.165) is 17.1 Å². The molecular weight excluding hydrogens is 369 g/mol. The Balaban J connectivity index is 0.00000264. The first-order valence-electron chi connectivity index (χ1n) is 7.12. The van der Waals surface area contributed by atoms with E-state index in [9.17, 15) is 4.79 Å². The van der Waals surface area contributed by atoms with Crippen molar-refractivity contribution in [2.24, 2.45) is 5.92 Å². The Bertz CT molecular complexity index is 690. The van der Waals surface area contributed by atoms with Gasteiger partial charge in [-0.15, -0.1) is 36.2 Å². The predicted molar refractivity (Wildman–Crippen MR) is 105 cm³/mol. The number of aryl methyl sites for hydroxylation is 1. The summed E-state index contributed by atoms with van der Waals surface area (Å²) in [5, 5.41) is 3.77. The zero-order valence-corrected chi connectivity index (χ0v) is 16.5. The molecule has 134 valence electrons. The van der Waals surface area contributed by atoms with E-state index in [0.29, 0.717) is 27.9 Å². The number of rotatable bonds is 5. The molecule has 0 bridgehead atoms. The summed E-state index contributed by atoms with van der Waals surface area (Å²) in [5.41, 5.74) is 7.85. The maximum absolute atomic E-state index is 12.5. The molecule has 0 fully saturated rings. The lowest BCUT2D eigenvalue weighted by Crippen LogP contribution is -2.13. The summed E-state index contributed by atoms with van der Waals surface area (Å²) in [6, 6.07) is 5.19. The van der Waals surface area contributed by atoms with Crippen molar-refractivity contribution in [1.82, 2.24) is 4.98 Å². The second kappa shape index (κ2) is 9.71. The fourth-order valence-electron chi connectivity index (χ4n) is 2.17. The summed E-state index contributed by atoms with van der Waals surface area (Å²) in [6.07, 6.45) is 0.790. The number of carbonyl (C=O) groups is 1. The SMILES string of the molecule is COc1ccc(NC(=O)c2sc(C)nc2CC(C)C)cc1N.Cl.Cl. The Hall–Kier alpha value is -1.50. The van der Waals surface area contributed by atoms with E-state index in [1.165, 1.54) is 11.3 Å². The monoisotopic (exact) mass is 391 g/mol. The largest absolute Gasteiger partial charge is 0.495 e. The molecule has 1 aromatic carbocycles. The second-order valence-corrected chi connectivity index (χ2v) is 6.72. The number of nitrogens with one attached hydrogen (secondary N) is 1. The number of thiazole rings is 1. The third-order valence-corrected chi connectivity index (χ3v) is 4.11. The van der Waals surface area contributed by atoms with Crippen LogP contribution in [0.25, 0.3) is 0 Å². The first kappa shape index (κ1) is 22.5. The van der Waals surface area contributed by atoms with E-state index in [-0.39, 0.29) is 30.7 Å². The van der Waals surface area contributed by atoms with Crippen LogP contribution >= 0.6 is 36.2 Å². The zero-order valence-electron chi connectivity index (χ0n) is 14.1. The standard InChI is InChI=1S/C16H21N3O2S.2ClH/c1-9(2)7-13-15(22-10(3)18-13)16(20)19-11-5-6-14(21-4)12(17)8-11;;/h5-6,8-9H,7,17H2,1-4H3,(H,19,20);2*1H. The van der Waals surface area contributed by atoms with Gasteiger partial charge in [-0.1, -0.05) is 13.8 Å². The van der Waals surface area contributed by atoms with Crippen molar-refractivity contribution in [2.45, 2.75) is 27.2 Å². The third kappa shape index (κ3) is 5.54. The van der Waals surface area contributed by atoms with Crippen molar-refractivity contribution in [3.8, 4) is 5.75 Å². The van der Waals surface area contributed by atoms with E-state index in [2.05, 4.69) is 24.1 Å². The van der Waals surface area contributed by atoms with Crippen LogP contribution in [0.2, 0.25) is 0 Å². The summed E-state index contributed by atoms with van der Waals surface area (Å²) in [7, 11) is 1.56. The van der Waals surface area contributed by atoms with Gasteiger partial charge in [0.15, 0.2) is 0 Å². The van der Waals surface area contributed by atoms with Gasteiger partial charge in [0.05, 0.1) is 23.5 Å². The number of ether oxygens (including phenoxy) is 1. The molecule has 8 heteroatoms. The Morgan fingerprint density at radius 3 is 2.58 bits per heavy atom. The van der Waals surface area contributed by atoms with E-state index in [4.69, 9.17) is 10.5 Å². The van der Waals surface area contributed by atoms with Gasteiger partial charge >= 0.3 is 0 Å². The normalized spacial score (nSPS) is 9.88. The molecule has 0 atom stereocenters. The summed E-state index contributed by atoms with van der Waals surface area (Å²) >= 11 is 1.42. The molecule has 1 aromatic heterocycles. The topological polar surface area (TPSA) is 77.2 Å². The molecule has 0 aliphatic rings. The highest BCUT2D eigenvalue weighted by molar-refractivity contribution is 7.13. The number of aromatic nitrogens is 1. The smallest absolute Gasteiger partial charge is 0.267 e. The van der Waals surface area contributed by atoms with Crippen LogP contribution in [0.15, 0.2) is 18.2 Å². The van der Waals surface area contributed by atoms with Crippen LogP contribution in [0, 0.1) is 12.8 Å². The minimum absolute atomic E-state index is 0. The maximum atomic E-state index is 12.5. The first-order valence-corrected chi connectivity index (χ1v) is 7.93. The van der Waals surface area contributed by atoms with Crippen LogP contribution in [0.4, 0.5) is 11.4 Å². The van der Waals surface area contributed by atoms with Gasteiger partial charge in [-0.25, -0.2) is 4.98 Å². The average molecular weight is 392 g/mol. The molecule has 0 aliphatic heterocycles. The summed E-state index contributed by atoms with van der Waals surface area (Å²) in [5.74, 6) is 0.891. The number of amides is 1. The summed E-state index contributed by atoms with van der Waals surface area (Å²) in [4.78, 5) is 17.6. The van der Waals surface area contributed by atoms with Crippen LogP contribution in [0.1, 0.15) is 34.2 Å². The molecule has 0 saturated carbocycles. The number of halogens is 2. The van der Waals surface area contributed by atoms with Crippen molar-refractivity contribution in [3.05, 3.63) is 33.8 Å². The van der Waals surface area contributed by atoms with Gasteiger partial charge < -0.3 is 15.8 Å². The number of hydrogen-bond donors (Lipinski definition) is 2. The molecule has 5 nitrogen and oxygen atoms in total. The molecule has 1 amide bonds. The molecule has 2 aromatic rings. The van der Waals surface area contributed by atoms with E-state index < -0.39 is 0 Å². The highest BCUT2D eigenvalue weighted by Gasteiger charge is 2.18. The number of carbonyl (C=O) groups excluding carboxylic acids is 1. The van der Waals surface area contributed by atoms with Crippen LogP contribution < -0.4 is 15.8 Å². The van der Waals surface area contributed by atoms with Crippen molar-refractivity contribution in [3.63, 3.8) is 0 Å². The van der Waals surface area contributed by atoms with Gasteiger partial charge in [0, 0.05) is 5.69 Å². The highest BCUT2D eigenvalue weighted by atomic mass is 35.5. The van der Waals surface area contributed by atoms with Crippen molar-refractivity contribution in [1.29, 1.82) is 0 Å². The van der Waals surface area contributed by atoms with Crippen molar-refractivity contribution in [2.75, 3.05) is 18.2 Å². The van der Waals surface area contributed by atoms with Crippen LogP contribution in [-0.4, -0.2) is 18.0 Å². The van der Waals surface area contributed by atoms with Gasteiger partial charge in [-0.2, -0.15) is 0 Å². The molecule has 3 N–H and O–H groups in total. The van der Waals surface area contributed by atoms with Gasteiger partial charge in [-0.05, 0) is 37.5 Å². The van der Waals surface area contributed by atoms with Gasteiger partial charge in [-0.3, -0.25) is 4.79 Å². The summed E-state index contributed by atoms with van der Waals surface area (Å²) < 4.78 is 5.11. The first-order chi connectivity index (χ1) is 10.4. The quantitative estimate of drug-likeness (QED) is 0.743. The fraction of sp³-hybridized carbons (Fsp3) is 0.375. The van der Waals surface area contributed by atoms with Crippen molar-refractivity contribution >= 4 is 53.4 Å². The molecule has 1 heterocycles. The fourth-order valence-corrected chi connectivity index (χ4v) is 3.01. The van der Waals surface area contributed by atoms with Crippen molar-refractivity contribution < 1.29 is 9.53 Å². The number of methoxy groups -OCH3 is 1. The lowest BCUT2D eigenvalue weighted by atomic mass is 10.1. The van der Waals surface area contributed by atoms with Crippen LogP contribution in [0.5, 0.6) is 5.75 Å². The van der Waals surface area contributed by atoms with Gasteiger partial charge in [0.1, 0.15) is 10.6 Å². The lowest BCUT2D eigenvalue weighted by Gasteiger charge is -2.09. The molecular formula is C16H23Cl2N3O2S. The van der Waals surface area contributed by atoms with Gasteiger partial charge in [0.25, 0.3) is 5.91 Å². The number of benzene rings is 1. The van der Waals surface area contributed by atoms with E-state index >= 15 is 0 Å². The minimum Gasteiger partial charge on any atom is -0.495 e. The number of nitrogen functional groups attached to an aromatic ring is 1. The predicted octanol–water partition coefficient (Wildman–Crippen LogP) is 4.34. The minimum atomic E-state index is -0.147. The van der Waals surface area contributed by atoms with Gasteiger partial charge in [0.2, 0.25) is 0 Å². The number of nitrogens with zero attached hydrogens (tertiary/aromatic N) is 1. The van der Waals surface area contributed by atoms with Crippen LogP contribution in [0.3, 0.4) is 0 Å². The molecule has 0 spiro atoms. The number of nitrogens with two attached hydrogens (primary N) is 1. The lowest BCUT2D eigenvalue weighted by molar-refractivity contribution is 0.102. The molecule has 0 saturated heterocycles. The molecule has 0 aliphatic carbocycles. The number of hydrogen-bond acceptors (Lipinski definition) is 5.